The summed E-state index contributed by atoms with van der Waals surface area (Å²) in [5.41, 5.74) is 0.775. The molecule has 0 unspecified atom stereocenters. The first-order valence-corrected chi connectivity index (χ1v) is 7.65. The third kappa shape index (κ3) is 3.89. The molecule has 0 fully saturated rings. The number of benzene rings is 2. The van der Waals surface area contributed by atoms with Crippen LogP contribution in [-0.4, -0.2) is 21.6 Å². The minimum atomic E-state index is -0.384. The van der Waals surface area contributed by atoms with Crippen LogP contribution in [0, 0.1) is 0 Å². The maximum Gasteiger partial charge on any atom is 0.275 e. The number of nitrogens with zero attached hydrogens (tertiary/aromatic N) is 2. The lowest BCUT2D eigenvalue weighted by atomic mass is 10.2. The van der Waals surface area contributed by atoms with Crippen molar-refractivity contribution in [3.05, 3.63) is 65.1 Å². The van der Waals surface area contributed by atoms with Gasteiger partial charge in [-0.05, 0) is 24.3 Å². The molecule has 1 aromatic heterocycles. The van der Waals surface area contributed by atoms with E-state index in [4.69, 9.17) is 0 Å². The first-order valence-electron chi connectivity index (χ1n) is 7.65. The molecule has 126 valence electrons. The number of carbonyl (C=O) groups is 2. The third-order valence-electron chi connectivity index (χ3n) is 3.52. The Labute approximate surface area is 143 Å². The first-order chi connectivity index (χ1) is 12.0. The first kappa shape index (κ1) is 16.4. The van der Waals surface area contributed by atoms with Crippen molar-refractivity contribution in [2.24, 2.45) is 0 Å². The van der Waals surface area contributed by atoms with Crippen LogP contribution in [0.4, 0.5) is 11.4 Å². The van der Waals surface area contributed by atoms with Gasteiger partial charge in [0.1, 0.15) is 6.54 Å². The van der Waals surface area contributed by atoms with E-state index in [9.17, 15) is 14.4 Å². The molecule has 2 amide bonds. The maximum absolute atomic E-state index is 12.4. The highest BCUT2D eigenvalue weighted by Crippen LogP contribution is 2.15. The molecule has 7 heteroatoms. The Balaban J connectivity index is 1.76. The molecule has 3 rings (SSSR count). The van der Waals surface area contributed by atoms with Crippen LogP contribution in [0.5, 0.6) is 0 Å². The highest BCUT2D eigenvalue weighted by molar-refractivity contribution is 5.93. The molecular formula is C18H16N4O3. The lowest BCUT2D eigenvalue weighted by Crippen LogP contribution is -2.29. The van der Waals surface area contributed by atoms with E-state index in [0.717, 1.165) is 10.1 Å². The zero-order chi connectivity index (χ0) is 17.8. The van der Waals surface area contributed by atoms with Crippen molar-refractivity contribution in [3.63, 3.8) is 0 Å². The average Bonchev–Trinajstić information content (AvgIpc) is 2.57. The van der Waals surface area contributed by atoms with Gasteiger partial charge < -0.3 is 10.6 Å². The van der Waals surface area contributed by atoms with Gasteiger partial charge in [-0.3, -0.25) is 14.4 Å². The summed E-state index contributed by atoms with van der Waals surface area (Å²) in [6, 6.07) is 13.8. The van der Waals surface area contributed by atoms with Gasteiger partial charge in [-0.25, -0.2) is 4.68 Å². The van der Waals surface area contributed by atoms with Gasteiger partial charge in [-0.15, -0.1) is 0 Å². The number of nitrogens with one attached hydrogen (secondary N) is 2. The van der Waals surface area contributed by atoms with Gasteiger partial charge in [-0.1, -0.05) is 24.3 Å². The van der Waals surface area contributed by atoms with Crippen molar-refractivity contribution in [1.82, 2.24) is 9.78 Å². The summed E-state index contributed by atoms with van der Waals surface area (Å²) in [5.74, 6) is -0.583. The molecule has 0 saturated carbocycles. The van der Waals surface area contributed by atoms with Gasteiger partial charge in [0.25, 0.3) is 5.56 Å². The van der Waals surface area contributed by atoms with E-state index >= 15 is 0 Å². The van der Waals surface area contributed by atoms with Crippen LogP contribution in [0.15, 0.2) is 59.5 Å². The monoisotopic (exact) mass is 336 g/mol. The quantitative estimate of drug-likeness (QED) is 0.762. The van der Waals surface area contributed by atoms with Gasteiger partial charge in [0.05, 0.1) is 11.6 Å². The topological polar surface area (TPSA) is 93.1 Å². The SMILES string of the molecule is CC(=O)Nc1cccc(NC(=O)Cn2ncc3ccccc3c2=O)c1. The third-order valence-corrected chi connectivity index (χ3v) is 3.52. The van der Waals surface area contributed by atoms with Gasteiger partial charge in [0.2, 0.25) is 11.8 Å². The minimum absolute atomic E-state index is 0.199. The summed E-state index contributed by atoms with van der Waals surface area (Å²) in [7, 11) is 0. The van der Waals surface area contributed by atoms with Gasteiger partial charge in [-0.2, -0.15) is 5.10 Å². The summed E-state index contributed by atoms with van der Waals surface area (Å²) in [6.07, 6.45) is 1.56. The van der Waals surface area contributed by atoms with Gasteiger partial charge in [0.15, 0.2) is 0 Å². The molecule has 1 heterocycles. The maximum atomic E-state index is 12.4. The smallest absolute Gasteiger partial charge is 0.275 e. The lowest BCUT2D eigenvalue weighted by molar-refractivity contribution is -0.117. The van der Waals surface area contributed by atoms with Crippen LogP contribution in [0.1, 0.15) is 6.92 Å². The summed E-state index contributed by atoms with van der Waals surface area (Å²) in [5, 5.41) is 10.6. The predicted molar refractivity (Wildman–Crippen MR) is 95.4 cm³/mol. The van der Waals surface area contributed by atoms with E-state index in [1.54, 1.807) is 48.7 Å². The Morgan fingerprint density at radius 2 is 1.76 bits per heavy atom. The molecule has 2 N–H and O–H groups in total. The highest BCUT2D eigenvalue weighted by Gasteiger charge is 2.09. The highest BCUT2D eigenvalue weighted by atomic mass is 16.2. The lowest BCUT2D eigenvalue weighted by Gasteiger charge is -2.09. The van der Waals surface area contributed by atoms with E-state index in [-0.39, 0.29) is 23.9 Å². The van der Waals surface area contributed by atoms with Crippen LogP contribution >= 0.6 is 0 Å². The second kappa shape index (κ2) is 6.96. The summed E-state index contributed by atoms with van der Waals surface area (Å²) in [6.45, 7) is 1.21. The Morgan fingerprint density at radius 1 is 1.04 bits per heavy atom. The Kier molecular flexibility index (Phi) is 4.56. The zero-order valence-electron chi connectivity index (χ0n) is 13.5. The van der Waals surface area contributed by atoms with Crippen molar-refractivity contribution in [3.8, 4) is 0 Å². The van der Waals surface area contributed by atoms with Crippen molar-refractivity contribution >= 4 is 34.0 Å². The molecule has 2 aromatic carbocycles. The van der Waals surface area contributed by atoms with Crippen LogP contribution in [0.25, 0.3) is 10.8 Å². The second-order valence-electron chi connectivity index (χ2n) is 5.50. The van der Waals surface area contributed by atoms with E-state index < -0.39 is 0 Å². The number of amides is 2. The summed E-state index contributed by atoms with van der Waals surface area (Å²) >= 11 is 0. The Morgan fingerprint density at radius 3 is 2.52 bits per heavy atom. The van der Waals surface area contributed by atoms with Gasteiger partial charge in [0, 0.05) is 23.7 Å². The van der Waals surface area contributed by atoms with E-state index in [0.29, 0.717) is 16.8 Å². The predicted octanol–water partition coefficient (Wildman–Crippen LogP) is 1.99. The molecule has 25 heavy (non-hydrogen) atoms. The number of hydrogen-bond acceptors (Lipinski definition) is 4. The second-order valence-corrected chi connectivity index (χ2v) is 5.50. The molecular weight excluding hydrogens is 320 g/mol. The molecule has 0 saturated heterocycles. The van der Waals surface area contributed by atoms with Crippen molar-refractivity contribution < 1.29 is 9.59 Å². The summed E-state index contributed by atoms with van der Waals surface area (Å²) < 4.78 is 1.12. The van der Waals surface area contributed by atoms with Crippen LogP contribution in [0.2, 0.25) is 0 Å². The van der Waals surface area contributed by atoms with E-state index in [1.807, 2.05) is 6.07 Å². The van der Waals surface area contributed by atoms with Crippen molar-refractivity contribution in [2.45, 2.75) is 13.5 Å². The standard InChI is InChI=1S/C18H16N4O3/c1-12(23)20-14-6-4-7-15(9-14)21-17(24)11-22-18(25)16-8-3-2-5-13(16)10-19-22/h2-10H,11H2,1H3,(H,20,23)(H,21,24). The number of fused-ring (bicyclic) bond motifs is 1. The fraction of sp³-hybridized carbons (Fsp3) is 0.111. The zero-order valence-corrected chi connectivity index (χ0v) is 13.5. The van der Waals surface area contributed by atoms with Crippen LogP contribution in [-0.2, 0) is 16.1 Å². The molecule has 0 aliphatic heterocycles. The number of rotatable bonds is 4. The van der Waals surface area contributed by atoms with Crippen LogP contribution < -0.4 is 16.2 Å². The van der Waals surface area contributed by atoms with Crippen molar-refractivity contribution in [1.29, 1.82) is 0 Å². The van der Waals surface area contributed by atoms with Crippen LogP contribution in [0.3, 0.4) is 0 Å². The fourth-order valence-electron chi connectivity index (χ4n) is 2.45. The normalized spacial score (nSPS) is 10.4. The number of carbonyl (C=O) groups excluding carboxylic acids is 2. The number of hydrogen-bond donors (Lipinski definition) is 2. The van der Waals surface area contributed by atoms with E-state index in [2.05, 4.69) is 15.7 Å². The Bertz CT molecular complexity index is 1010. The molecule has 3 aromatic rings. The number of aromatic nitrogens is 2. The minimum Gasteiger partial charge on any atom is -0.326 e. The molecule has 0 spiro atoms. The van der Waals surface area contributed by atoms with Gasteiger partial charge >= 0.3 is 0 Å². The Hall–Kier alpha value is -3.48. The molecule has 0 atom stereocenters. The average molecular weight is 336 g/mol. The fourth-order valence-corrected chi connectivity index (χ4v) is 2.45. The molecule has 0 bridgehead atoms. The van der Waals surface area contributed by atoms with E-state index in [1.165, 1.54) is 6.92 Å². The van der Waals surface area contributed by atoms with Crippen molar-refractivity contribution in [2.75, 3.05) is 10.6 Å². The summed E-state index contributed by atoms with van der Waals surface area (Å²) in [4.78, 5) is 35.7. The largest absolute Gasteiger partial charge is 0.326 e. The molecule has 0 radical (unpaired) electrons. The molecule has 7 nitrogen and oxygen atoms in total. The number of anilines is 2. The molecule has 0 aliphatic rings. The molecule has 0 aliphatic carbocycles.